The first kappa shape index (κ1) is 80.8. The lowest BCUT2D eigenvalue weighted by atomic mass is 9.99. The first-order valence-corrected chi connectivity index (χ1v) is 50.0. The van der Waals surface area contributed by atoms with Crippen LogP contribution in [0.4, 0.5) is 0 Å². The fourth-order valence-electron chi connectivity index (χ4n) is 24.5. The Labute approximate surface area is 837 Å². The second-order valence-electron chi connectivity index (χ2n) is 38.7. The van der Waals surface area contributed by atoms with Crippen molar-refractivity contribution in [2.75, 3.05) is 0 Å². The number of hydrogen-bond donors (Lipinski definition) is 0. The second-order valence-corrected chi connectivity index (χ2v) is 38.7. The summed E-state index contributed by atoms with van der Waals surface area (Å²) in [5.74, 6) is 1.76. The van der Waals surface area contributed by atoms with Gasteiger partial charge in [-0.2, -0.15) is 9.97 Å². The van der Waals surface area contributed by atoms with E-state index in [2.05, 4.69) is 446 Å². The van der Waals surface area contributed by atoms with Gasteiger partial charge < -0.3 is 35.8 Å². The Hall–Kier alpha value is -20.0. The number of benzene rings is 22. The smallest absolute Gasteiger partial charge is 0.238 e. The van der Waals surface area contributed by atoms with Crippen molar-refractivity contribution >= 4 is 229 Å². The lowest BCUT2D eigenvalue weighted by molar-refractivity contribution is 0.668. The van der Waals surface area contributed by atoms with Crippen molar-refractivity contribution in [3.05, 3.63) is 479 Å². The number of aromatic nitrogens is 9. The number of hydrogen-bond acceptors (Lipinski definition) is 6. The van der Waals surface area contributed by atoms with Gasteiger partial charge >= 0.3 is 0 Å². The van der Waals surface area contributed by atoms with Crippen molar-refractivity contribution in [2.45, 2.75) is 0 Å². The fourth-order valence-corrected chi connectivity index (χ4v) is 24.5. The Kier molecular flexibility index (Phi) is 17.2. The molecule has 0 radical (unpaired) electrons. The molecule has 0 saturated heterocycles. The molecule has 0 aliphatic heterocycles. The van der Waals surface area contributed by atoms with E-state index >= 15 is 0 Å². The number of nitrogens with zero attached hydrogens (tertiary/aromatic N) is 9. The minimum absolute atomic E-state index is 0.550. The van der Waals surface area contributed by atoms with Gasteiger partial charge in [0.2, 0.25) is 5.95 Å². The molecule has 0 unspecified atom stereocenters. The van der Waals surface area contributed by atoms with Gasteiger partial charge in [-0.15, -0.1) is 0 Å². The Morgan fingerprint density at radius 3 is 0.946 bits per heavy atom. The molecular weight excluding hydrogens is 1800 g/mol. The van der Waals surface area contributed by atoms with E-state index in [1.165, 1.54) is 142 Å². The molecule has 0 spiro atoms. The van der Waals surface area contributed by atoms with Gasteiger partial charge in [0.05, 0.1) is 82.9 Å². The van der Waals surface area contributed by atoms with E-state index in [1.807, 2.05) is 60.7 Å². The molecule has 0 N–H and O–H groups in total. The van der Waals surface area contributed by atoms with Crippen molar-refractivity contribution in [3.63, 3.8) is 0 Å². The van der Waals surface area contributed by atoms with E-state index in [0.717, 1.165) is 149 Å². The van der Waals surface area contributed by atoms with E-state index in [-0.39, 0.29) is 0 Å². The molecule has 147 heavy (non-hydrogen) atoms. The maximum atomic E-state index is 6.44. The maximum Gasteiger partial charge on any atom is 0.238 e. The van der Waals surface area contributed by atoms with Crippen LogP contribution in [0.5, 0.6) is 0 Å². The molecule has 0 atom stereocenters. The minimum atomic E-state index is 0.550. The SMILES string of the molecule is c1ccc(-c2ccc(-c3nc(-c4ccccc4)nc(-n4c5ccccc5c5ccc6c7ccccc7n(-c7ccc8c(c7)oc7ccccc78)c6c54)n3)cc2)cc1.c1ccc2c(c1)oc1cc(-n3c4ccccc4c4cc(-c5ccc6c7cccc8c9ccccc9n(c6c5)c87)ccc43)ccc12.c1ccc2c(c1)oc1cc(-n3c4ccccc4c4cc(-c5cccc6c7cccc8c9ccccc9n(c56)c87)ccc43)ccc12. The molecule has 0 aliphatic carbocycles. The van der Waals surface area contributed by atoms with Crippen LogP contribution < -0.4 is 0 Å². The van der Waals surface area contributed by atoms with Crippen LogP contribution >= 0.6 is 0 Å². The highest BCUT2D eigenvalue weighted by atomic mass is 16.3. The molecule has 12 heterocycles. The maximum absolute atomic E-state index is 6.44. The predicted molar refractivity (Wildman–Crippen MR) is 608 cm³/mol. The number of para-hydroxylation sites is 12. The number of rotatable bonds is 9. The molecule has 0 saturated carbocycles. The van der Waals surface area contributed by atoms with Gasteiger partial charge in [0.1, 0.15) is 33.5 Å². The van der Waals surface area contributed by atoms with Gasteiger partial charge in [-0.05, 0) is 149 Å². The molecule has 12 aromatic heterocycles. The van der Waals surface area contributed by atoms with E-state index in [0.29, 0.717) is 17.6 Å². The summed E-state index contributed by atoms with van der Waals surface area (Å²) in [6, 6.07) is 171. The largest absolute Gasteiger partial charge is 0.456 e. The molecule has 0 aliphatic rings. The Bertz CT molecular complexity index is 11500. The van der Waals surface area contributed by atoms with Crippen LogP contribution in [0, 0.1) is 0 Å². The van der Waals surface area contributed by atoms with Crippen LogP contribution in [-0.4, -0.2) is 42.0 Å². The summed E-state index contributed by atoms with van der Waals surface area (Å²) in [6.07, 6.45) is 0. The Balaban J connectivity index is 0.0000000989. The topological polar surface area (TPSA) is 107 Å². The van der Waals surface area contributed by atoms with Crippen LogP contribution in [0.3, 0.4) is 0 Å². The Morgan fingerprint density at radius 1 is 0.143 bits per heavy atom. The van der Waals surface area contributed by atoms with Gasteiger partial charge in [0.25, 0.3) is 0 Å². The standard InChI is InChI=1S/C51H31N5O.2C42H24N2O/c1-3-13-32(14-4-1)33-23-25-35(26-24-33)50-52-49(34-15-5-2-6-16-34)53-51(54-50)56-44-21-11-8-18-38(44)42-30-29-41-37-17-7-10-20-43(37)55(47(41)48(42)56)36-27-28-40-39-19-9-12-22-45(39)57-46(40)31-36;1-5-17-37-28(9-1)32-13-8-15-34-33-14-7-12-27(41(33)44(37)42(32)34)25-19-22-38-35(23-25)29-10-2-4-16-36(29)43(38)26-20-21-31-30-11-3-6-18-39(30)45-40(31)24-26;1-5-14-37-28(8-1)33-11-7-12-34-30-19-16-26(23-39(30)44(37)42(33)34)25-17-21-38-35(22-25)29-9-2-4-13-36(29)43(38)27-18-20-32-31-10-3-6-15-40(31)45-41(32)24-27/h1-31H;2*1-24H. The molecule has 0 bridgehead atoms. The van der Waals surface area contributed by atoms with Crippen molar-refractivity contribution in [1.82, 2.24) is 42.0 Å². The quantitative estimate of drug-likeness (QED) is 0.142. The van der Waals surface area contributed by atoms with Crippen molar-refractivity contribution in [1.29, 1.82) is 0 Å². The summed E-state index contributed by atoms with van der Waals surface area (Å²) in [6.45, 7) is 0. The molecule has 34 rings (SSSR count). The summed E-state index contributed by atoms with van der Waals surface area (Å²) in [7, 11) is 0. The van der Waals surface area contributed by atoms with Gasteiger partial charge in [-0.3, -0.25) is 4.57 Å². The molecule has 0 fully saturated rings. The second kappa shape index (κ2) is 31.3. The molecule has 12 nitrogen and oxygen atoms in total. The van der Waals surface area contributed by atoms with Crippen molar-refractivity contribution in [3.8, 4) is 79.2 Å². The molecule has 34 aromatic rings. The van der Waals surface area contributed by atoms with Gasteiger partial charge in [-0.1, -0.05) is 340 Å². The van der Waals surface area contributed by atoms with Gasteiger partial charge in [0, 0.05) is 165 Å². The first-order chi connectivity index (χ1) is 72.9. The van der Waals surface area contributed by atoms with Gasteiger partial charge in [0.15, 0.2) is 11.6 Å². The zero-order chi connectivity index (χ0) is 95.9. The molecular formula is C135H79N9O3. The Morgan fingerprint density at radius 2 is 0.435 bits per heavy atom. The fraction of sp³-hybridized carbons (Fsp3) is 0. The molecule has 0 amide bonds. The molecule has 12 heteroatoms. The normalized spacial score (nSPS) is 12.2. The van der Waals surface area contributed by atoms with Crippen LogP contribution in [0.25, 0.3) is 308 Å². The predicted octanol–water partition coefficient (Wildman–Crippen LogP) is 36.0. The summed E-state index contributed by atoms with van der Waals surface area (Å²) in [5.41, 5.74) is 34.2. The third-order valence-electron chi connectivity index (χ3n) is 30.9. The highest BCUT2D eigenvalue weighted by Gasteiger charge is 2.29. The zero-order valence-corrected chi connectivity index (χ0v) is 78.9. The highest BCUT2D eigenvalue weighted by Crippen LogP contribution is 2.50. The average Bonchev–Trinajstić information content (AvgIpc) is 1.54. The van der Waals surface area contributed by atoms with Crippen LogP contribution in [0.15, 0.2) is 492 Å². The van der Waals surface area contributed by atoms with E-state index in [9.17, 15) is 0 Å². The summed E-state index contributed by atoms with van der Waals surface area (Å²) < 4.78 is 33.3. The van der Waals surface area contributed by atoms with E-state index in [1.54, 1.807) is 0 Å². The number of furan rings is 3. The van der Waals surface area contributed by atoms with Crippen LogP contribution in [0.2, 0.25) is 0 Å². The zero-order valence-electron chi connectivity index (χ0n) is 78.9. The van der Waals surface area contributed by atoms with Gasteiger partial charge in [-0.25, -0.2) is 4.98 Å². The first-order valence-electron chi connectivity index (χ1n) is 50.0. The van der Waals surface area contributed by atoms with Crippen LogP contribution in [0.1, 0.15) is 0 Å². The summed E-state index contributed by atoms with van der Waals surface area (Å²) in [5, 5.41) is 26.7. The lowest BCUT2D eigenvalue weighted by Crippen LogP contribution is -2.07. The van der Waals surface area contributed by atoms with Crippen molar-refractivity contribution in [2.24, 2.45) is 0 Å². The number of fused-ring (bicyclic) bond motifs is 34. The molecule has 682 valence electrons. The monoisotopic (exact) mass is 1870 g/mol. The highest BCUT2D eigenvalue weighted by molar-refractivity contribution is 6.28. The molecule has 22 aromatic carbocycles. The summed E-state index contributed by atoms with van der Waals surface area (Å²) >= 11 is 0. The van der Waals surface area contributed by atoms with E-state index in [4.69, 9.17) is 28.2 Å². The third-order valence-corrected chi connectivity index (χ3v) is 30.9. The van der Waals surface area contributed by atoms with Crippen LogP contribution in [-0.2, 0) is 0 Å². The van der Waals surface area contributed by atoms with E-state index < -0.39 is 0 Å². The summed E-state index contributed by atoms with van der Waals surface area (Å²) in [4.78, 5) is 15.7. The third kappa shape index (κ3) is 12.0. The van der Waals surface area contributed by atoms with Crippen molar-refractivity contribution < 1.29 is 13.3 Å². The lowest BCUT2D eigenvalue weighted by Gasteiger charge is -2.13. The average molecular weight is 1880 g/mol. The minimum Gasteiger partial charge on any atom is -0.456 e.